The molecule has 1 aromatic heterocycles. The maximum Gasteiger partial charge on any atom is 0.315 e. The minimum atomic E-state index is -0.154. The van der Waals surface area contributed by atoms with Gasteiger partial charge < -0.3 is 15.4 Å². The first-order valence-electron chi connectivity index (χ1n) is 9.52. The van der Waals surface area contributed by atoms with Gasteiger partial charge in [-0.3, -0.25) is 9.88 Å². The van der Waals surface area contributed by atoms with Gasteiger partial charge in [-0.25, -0.2) is 4.79 Å². The Labute approximate surface area is 160 Å². The van der Waals surface area contributed by atoms with Crippen LogP contribution in [0.15, 0.2) is 48.7 Å². The number of aromatic nitrogens is 1. The van der Waals surface area contributed by atoms with Crippen LogP contribution in [0.3, 0.4) is 0 Å². The number of nitrogens with zero attached hydrogens (tertiary/aromatic N) is 2. The summed E-state index contributed by atoms with van der Waals surface area (Å²) >= 11 is 0. The molecule has 1 fully saturated rings. The van der Waals surface area contributed by atoms with Crippen molar-refractivity contribution in [2.75, 3.05) is 26.2 Å². The Morgan fingerprint density at radius 2 is 2.11 bits per heavy atom. The van der Waals surface area contributed by atoms with E-state index in [2.05, 4.69) is 45.6 Å². The minimum Gasteiger partial charge on any atom is -0.376 e. The summed E-state index contributed by atoms with van der Waals surface area (Å²) in [5, 5.41) is 5.79. The number of pyridine rings is 1. The molecular weight excluding hydrogens is 340 g/mol. The number of ether oxygens (including phenoxy) is 1. The number of amides is 2. The van der Waals surface area contributed by atoms with Crippen LogP contribution in [-0.4, -0.2) is 48.3 Å². The van der Waals surface area contributed by atoms with Crippen molar-refractivity contribution in [1.82, 2.24) is 20.5 Å². The van der Waals surface area contributed by atoms with Gasteiger partial charge in [0.2, 0.25) is 0 Å². The van der Waals surface area contributed by atoms with Crippen molar-refractivity contribution in [3.63, 3.8) is 0 Å². The third kappa shape index (κ3) is 6.66. The van der Waals surface area contributed by atoms with Crippen LogP contribution in [-0.2, 0) is 24.2 Å². The molecule has 0 radical (unpaired) electrons. The van der Waals surface area contributed by atoms with Crippen LogP contribution < -0.4 is 10.6 Å². The molecule has 1 atom stereocenters. The average Bonchev–Trinajstić information content (AvgIpc) is 2.68. The number of carbonyl (C=O) groups excluding carboxylic acids is 1. The Bertz CT molecular complexity index is 723. The number of carbonyl (C=O) groups is 1. The number of nitrogens with one attached hydrogen (secondary N) is 2. The molecule has 2 amide bonds. The standard InChI is InChI=1S/C21H28N4O2/c1-17-15-25(11-12-27-17)16-19-6-4-5-18(13-19)14-24-21(26)23-10-8-20-7-2-3-9-22-20/h2-7,9,13,17H,8,10-12,14-16H2,1H3,(H2,23,24,26). The second kappa shape index (κ2) is 10.0. The van der Waals surface area contributed by atoms with Crippen molar-refractivity contribution in [1.29, 1.82) is 0 Å². The van der Waals surface area contributed by atoms with Gasteiger partial charge in [0.15, 0.2) is 0 Å². The first kappa shape index (κ1) is 19.3. The molecule has 6 nitrogen and oxygen atoms in total. The second-order valence-electron chi connectivity index (χ2n) is 6.92. The van der Waals surface area contributed by atoms with E-state index in [9.17, 15) is 4.79 Å². The van der Waals surface area contributed by atoms with Gasteiger partial charge in [-0.1, -0.05) is 30.3 Å². The van der Waals surface area contributed by atoms with E-state index in [0.717, 1.165) is 43.9 Å². The van der Waals surface area contributed by atoms with Gasteiger partial charge in [-0.15, -0.1) is 0 Å². The quantitative estimate of drug-likeness (QED) is 0.787. The van der Waals surface area contributed by atoms with Crippen LogP contribution in [0, 0.1) is 0 Å². The van der Waals surface area contributed by atoms with Gasteiger partial charge in [0.05, 0.1) is 12.7 Å². The normalized spacial score (nSPS) is 17.4. The number of morpholine rings is 1. The highest BCUT2D eigenvalue weighted by atomic mass is 16.5. The first-order valence-corrected chi connectivity index (χ1v) is 9.52. The van der Waals surface area contributed by atoms with Gasteiger partial charge in [-0.2, -0.15) is 0 Å². The molecule has 1 aromatic carbocycles. The number of benzene rings is 1. The van der Waals surface area contributed by atoms with E-state index >= 15 is 0 Å². The van der Waals surface area contributed by atoms with Gasteiger partial charge >= 0.3 is 6.03 Å². The molecule has 27 heavy (non-hydrogen) atoms. The molecule has 0 bridgehead atoms. The summed E-state index contributed by atoms with van der Waals surface area (Å²) in [7, 11) is 0. The molecular formula is C21H28N4O2. The third-order valence-electron chi connectivity index (χ3n) is 4.57. The highest BCUT2D eigenvalue weighted by Gasteiger charge is 2.16. The van der Waals surface area contributed by atoms with E-state index in [1.54, 1.807) is 6.20 Å². The third-order valence-corrected chi connectivity index (χ3v) is 4.57. The van der Waals surface area contributed by atoms with E-state index < -0.39 is 0 Å². The zero-order valence-electron chi connectivity index (χ0n) is 15.9. The number of urea groups is 1. The SMILES string of the molecule is CC1CN(Cc2cccc(CNC(=O)NCCc3ccccn3)c2)CCO1. The van der Waals surface area contributed by atoms with Crippen molar-refractivity contribution >= 4 is 6.03 Å². The fraction of sp³-hybridized carbons (Fsp3) is 0.429. The Kier molecular flexibility index (Phi) is 7.19. The lowest BCUT2D eigenvalue weighted by atomic mass is 10.1. The molecule has 2 heterocycles. The van der Waals surface area contributed by atoms with Crippen LogP contribution >= 0.6 is 0 Å². The summed E-state index contributed by atoms with van der Waals surface area (Å²) in [6, 6.07) is 14.0. The Balaban J connectivity index is 1.40. The van der Waals surface area contributed by atoms with E-state index in [4.69, 9.17) is 4.74 Å². The molecule has 1 unspecified atom stereocenters. The molecule has 3 rings (SSSR count). The van der Waals surface area contributed by atoms with E-state index in [1.807, 2.05) is 24.3 Å². The lowest BCUT2D eigenvalue weighted by molar-refractivity contribution is -0.0212. The van der Waals surface area contributed by atoms with Crippen molar-refractivity contribution in [2.45, 2.75) is 32.5 Å². The summed E-state index contributed by atoms with van der Waals surface area (Å²) in [5.41, 5.74) is 3.34. The maximum atomic E-state index is 12.0. The molecule has 1 aliphatic heterocycles. The zero-order valence-corrected chi connectivity index (χ0v) is 15.9. The van der Waals surface area contributed by atoms with Crippen molar-refractivity contribution < 1.29 is 9.53 Å². The minimum absolute atomic E-state index is 0.154. The average molecular weight is 368 g/mol. The summed E-state index contributed by atoms with van der Waals surface area (Å²) in [6.45, 7) is 6.82. The smallest absolute Gasteiger partial charge is 0.315 e. The van der Waals surface area contributed by atoms with Crippen LogP contribution in [0.2, 0.25) is 0 Å². The largest absolute Gasteiger partial charge is 0.376 e. The predicted octanol–water partition coefficient (Wildman–Crippen LogP) is 2.34. The van der Waals surface area contributed by atoms with Gasteiger partial charge in [0.25, 0.3) is 0 Å². The zero-order chi connectivity index (χ0) is 18.9. The Morgan fingerprint density at radius 1 is 1.22 bits per heavy atom. The van der Waals surface area contributed by atoms with Gasteiger partial charge in [0, 0.05) is 51.0 Å². The molecule has 1 saturated heterocycles. The summed E-state index contributed by atoms with van der Waals surface area (Å²) in [4.78, 5) is 18.6. The van der Waals surface area contributed by atoms with E-state index in [0.29, 0.717) is 19.2 Å². The van der Waals surface area contributed by atoms with Crippen molar-refractivity contribution in [3.05, 3.63) is 65.5 Å². The highest BCUT2D eigenvalue weighted by molar-refractivity contribution is 5.73. The summed E-state index contributed by atoms with van der Waals surface area (Å²) in [5.74, 6) is 0. The molecule has 2 N–H and O–H groups in total. The molecule has 2 aromatic rings. The first-order chi connectivity index (χ1) is 13.2. The van der Waals surface area contributed by atoms with Gasteiger partial charge in [-0.05, 0) is 30.2 Å². The van der Waals surface area contributed by atoms with Crippen LogP contribution in [0.5, 0.6) is 0 Å². The molecule has 0 aliphatic carbocycles. The second-order valence-corrected chi connectivity index (χ2v) is 6.92. The van der Waals surface area contributed by atoms with E-state index in [-0.39, 0.29) is 6.03 Å². The molecule has 0 saturated carbocycles. The highest BCUT2D eigenvalue weighted by Crippen LogP contribution is 2.12. The van der Waals surface area contributed by atoms with Crippen LogP contribution in [0.25, 0.3) is 0 Å². The topological polar surface area (TPSA) is 66.5 Å². The Morgan fingerprint density at radius 3 is 2.93 bits per heavy atom. The van der Waals surface area contributed by atoms with Crippen molar-refractivity contribution in [3.8, 4) is 0 Å². The van der Waals surface area contributed by atoms with Crippen LogP contribution in [0.4, 0.5) is 4.79 Å². The molecule has 6 heteroatoms. The van der Waals surface area contributed by atoms with Crippen molar-refractivity contribution in [2.24, 2.45) is 0 Å². The summed E-state index contributed by atoms with van der Waals surface area (Å²) < 4.78 is 5.59. The number of rotatable bonds is 7. The van der Waals surface area contributed by atoms with Crippen LogP contribution in [0.1, 0.15) is 23.7 Å². The maximum absolute atomic E-state index is 12.0. The monoisotopic (exact) mass is 368 g/mol. The molecule has 0 spiro atoms. The number of hydrogen-bond acceptors (Lipinski definition) is 4. The predicted molar refractivity (Wildman–Crippen MR) is 105 cm³/mol. The number of hydrogen-bond donors (Lipinski definition) is 2. The molecule has 144 valence electrons. The fourth-order valence-corrected chi connectivity index (χ4v) is 3.23. The van der Waals surface area contributed by atoms with E-state index in [1.165, 1.54) is 5.56 Å². The van der Waals surface area contributed by atoms with Gasteiger partial charge in [0.1, 0.15) is 0 Å². The summed E-state index contributed by atoms with van der Waals surface area (Å²) in [6.07, 6.45) is 2.78. The Hall–Kier alpha value is -2.44. The lowest BCUT2D eigenvalue weighted by Crippen LogP contribution is -2.40. The lowest BCUT2D eigenvalue weighted by Gasteiger charge is -2.31. The molecule has 1 aliphatic rings. The fourth-order valence-electron chi connectivity index (χ4n) is 3.23.